The Kier molecular flexibility index (Phi) is 23.2. The Morgan fingerprint density at radius 1 is 0.505 bits per heavy atom. The Labute approximate surface area is 539 Å². The van der Waals surface area contributed by atoms with Gasteiger partial charge in [-0.05, 0) is 62.4 Å². The number of ether oxygens (including phenoxy) is 5. The predicted molar refractivity (Wildman–Crippen MR) is 343 cm³/mol. The van der Waals surface area contributed by atoms with Gasteiger partial charge in [0, 0.05) is 35.8 Å². The first-order chi connectivity index (χ1) is 43.9. The van der Waals surface area contributed by atoms with Crippen LogP contribution in [0, 0.1) is 0 Å². The van der Waals surface area contributed by atoms with Crippen LogP contribution in [-0.2, 0) is 49.5 Å². The normalized spacial score (nSPS) is 12.3. The highest BCUT2D eigenvalue weighted by Gasteiger charge is 2.33. The third-order valence-electron chi connectivity index (χ3n) is 13.8. The van der Waals surface area contributed by atoms with Crippen LogP contribution in [0.1, 0.15) is 189 Å². The molecule has 2 aromatic carbocycles. The summed E-state index contributed by atoms with van der Waals surface area (Å²) < 4.78 is 86.7. The fourth-order valence-electron chi connectivity index (χ4n) is 8.72. The standard InChI is InChI=1S/C61H81N17O13S2/c1-14-19-24-45(79)91-42-33-39(56(82)89-27-22-17-4)32-41(34-42)76-53(44(36-65-76)93(13,85)86)72-70-47-49(61(9,10)11)74-78(51(47)63)58-66-57(67-59(68-58)90-28-23-18-5)77-50(62)46(48(73-77)60(6,7)8)69-71-52-43(92(12,83)84)35-64-75(52)40-30-37(54(80)87-25-20-15-2)29-38(31-40)55(81)88-26-21-16-3/h29-36H,14-28,62-63H2,1-13H3. The molecule has 30 nitrogen and oxygen atoms in total. The fourth-order valence-corrected chi connectivity index (χ4v) is 10.1. The minimum Gasteiger partial charge on any atom is -0.463 e. The van der Waals surface area contributed by atoms with Crippen LogP contribution >= 0.6 is 0 Å². The van der Waals surface area contributed by atoms with E-state index in [0.717, 1.165) is 75.7 Å². The second-order valence-corrected chi connectivity index (χ2v) is 27.8. The SMILES string of the molecule is CCCCOC(=O)c1cc(OC(=O)CCCC)cc(-n2ncc(S(C)(=O)=O)c2N=Nc2c(C(C)(C)C)nn(-c3nc(OCCCC)nc(-n4nc(C(C)(C)C)c(N=Nc5c(S(C)(=O)=O)cnn5-c5cc(C(=O)OCCCC)cc(C(=O)OCCCC)c5)c4N)n3)c2N)c1. The van der Waals surface area contributed by atoms with Crippen molar-refractivity contribution in [1.82, 2.24) is 54.1 Å². The fraction of sp³-hybridized carbons (Fsp3) is 0.492. The molecule has 32 heteroatoms. The third kappa shape index (κ3) is 17.6. The van der Waals surface area contributed by atoms with Gasteiger partial charge in [-0.2, -0.15) is 44.7 Å². The zero-order valence-corrected chi connectivity index (χ0v) is 56.3. The number of unbranched alkanes of at least 4 members (excludes halogenated alkanes) is 5. The van der Waals surface area contributed by atoms with E-state index in [9.17, 15) is 36.0 Å². The number of nitrogens with zero attached hydrogens (tertiary/aromatic N) is 15. The molecule has 0 saturated heterocycles. The second-order valence-electron chi connectivity index (χ2n) is 23.9. The summed E-state index contributed by atoms with van der Waals surface area (Å²) in [5.74, 6) is -4.33. The molecule has 4 N–H and O–H groups in total. The largest absolute Gasteiger partial charge is 0.463 e. The van der Waals surface area contributed by atoms with Gasteiger partial charge in [0.1, 0.15) is 15.5 Å². The lowest BCUT2D eigenvalue weighted by Gasteiger charge is -2.15. The molecule has 0 unspecified atom stereocenters. The van der Waals surface area contributed by atoms with Crippen molar-refractivity contribution in [3.05, 3.63) is 76.9 Å². The maximum absolute atomic E-state index is 13.5. The summed E-state index contributed by atoms with van der Waals surface area (Å²) >= 11 is 0. The number of nitrogens with two attached hydrogens (primary N) is 2. The van der Waals surface area contributed by atoms with Crippen LogP contribution in [0.15, 0.2) is 79.0 Å². The number of aromatic nitrogens is 11. The Bertz CT molecular complexity index is 4130. The van der Waals surface area contributed by atoms with E-state index in [1.165, 1.54) is 36.4 Å². The number of hydrogen-bond donors (Lipinski definition) is 2. The minimum atomic E-state index is -4.11. The molecule has 0 bridgehead atoms. The number of hydrogen-bond acceptors (Lipinski definition) is 26. The van der Waals surface area contributed by atoms with Crippen LogP contribution < -0.4 is 20.9 Å². The number of anilines is 2. The summed E-state index contributed by atoms with van der Waals surface area (Å²) in [6.07, 6.45) is 10.8. The monoisotopic (exact) mass is 1320 g/mol. The van der Waals surface area contributed by atoms with Crippen LogP contribution in [0.25, 0.3) is 23.3 Å². The molecule has 93 heavy (non-hydrogen) atoms. The second kappa shape index (κ2) is 30.4. The van der Waals surface area contributed by atoms with Crippen LogP contribution in [0.4, 0.5) is 34.6 Å². The summed E-state index contributed by atoms with van der Waals surface area (Å²) in [5.41, 5.74) is 12.6. The van der Waals surface area contributed by atoms with E-state index >= 15 is 0 Å². The van der Waals surface area contributed by atoms with Crippen molar-refractivity contribution in [2.24, 2.45) is 20.5 Å². The molecule has 0 atom stereocenters. The van der Waals surface area contributed by atoms with Crippen LogP contribution in [0.5, 0.6) is 11.8 Å². The molecule has 0 amide bonds. The van der Waals surface area contributed by atoms with Crippen molar-refractivity contribution in [1.29, 1.82) is 0 Å². The number of sulfone groups is 2. The number of azo groups is 2. The number of nitrogen functional groups attached to an aromatic ring is 2. The Hall–Kier alpha value is -9.33. The molecule has 0 aliphatic rings. The lowest BCUT2D eigenvalue weighted by molar-refractivity contribution is -0.134. The first-order valence-electron chi connectivity index (χ1n) is 30.5. The number of carbonyl (C=O) groups excluding carboxylic acids is 4. The lowest BCUT2D eigenvalue weighted by atomic mass is 9.91. The zero-order valence-electron chi connectivity index (χ0n) is 54.7. The first-order valence-corrected chi connectivity index (χ1v) is 34.3. The van der Waals surface area contributed by atoms with Gasteiger partial charge in [0.15, 0.2) is 54.3 Å². The van der Waals surface area contributed by atoms with E-state index in [-0.39, 0.29) is 140 Å². The highest BCUT2D eigenvalue weighted by molar-refractivity contribution is 7.91. The van der Waals surface area contributed by atoms with Gasteiger partial charge in [0.2, 0.25) is 0 Å². The average Bonchev–Trinajstić information content (AvgIpc) is 1.64. The number of carbonyl (C=O) groups is 4. The molecule has 0 spiro atoms. The van der Waals surface area contributed by atoms with Crippen LogP contribution in [0.3, 0.4) is 0 Å². The van der Waals surface area contributed by atoms with E-state index in [0.29, 0.717) is 32.1 Å². The smallest absolute Gasteiger partial charge is 0.338 e. The number of rotatable bonds is 30. The lowest BCUT2D eigenvalue weighted by Crippen LogP contribution is -2.17. The van der Waals surface area contributed by atoms with E-state index in [4.69, 9.17) is 50.3 Å². The quantitative estimate of drug-likeness (QED) is 0.0139. The van der Waals surface area contributed by atoms with Crippen molar-refractivity contribution < 1.29 is 59.7 Å². The van der Waals surface area contributed by atoms with Crippen molar-refractivity contribution >= 4 is 78.2 Å². The molecule has 0 saturated carbocycles. The van der Waals surface area contributed by atoms with Crippen molar-refractivity contribution in [2.45, 2.75) is 167 Å². The van der Waals surface area contributed by atoms with Gasteiger partial charge >= 0.3 is 29.9 Å². The summed E-state index contributed by atoms with van der Waals surface area (Å²) in [6, 6.07) is 7.99. The minimum absolute atomic E-state index is 0.0176. The van der Waals surface area contributed by atoms with Gasteiger partial charge in [-0.25, -0.2) is 40.6 Å². The molecule has 500 valence electrons. The summed E-state index contributed by atoms with van der Waals surface area (Å²) in [6.45, 7) is 21.1. The molecule has 5 aromatic heterocycles. The molecular weight excluding hydrogens is 1240 g/mol. The van der Waals surface area contributed by atoms with Crippen LogP contribution in [-0.4, -0.2) is 134 Å². The van der Waals surface area contributed by atoms with E-state index in [1.54, 1.807) is 0 Å². The van der Waals surface area contributed by atoms with Crippen LogP contribution in [0.2, 0.25) is 0 Å². The van der Waals surface area contributed by atoms with E-state index in [1.807, 2.05) is 76.2 Å². The van der Waals surface area contributed by atoms with Gasteiger partial charge in [0.05, 0.1) is 78.3 Å². The first kappa shape index (κ1) is 71.1. The molecule has 7 aromatic rings. The van der Waals surface area contributed by atoms with Gasteiger partial charge in [0.25, 0.3) is 11.9 Å². The van der Waals surface area contributed by atoms with E-state index < -0.39 is 54.4 Å². The van der Waals surface area contributed by atoms with Gasteiger partial charge in [-0.15, -0.1) is 20.5 Å². The van der Waals surface area contributed by atoms with Gasteiger partial charge in [-0.3, -0.25) is 4.79 Å². The topological polar surface area (TPSA) is 394 Å². The maximum Gasteiger partial charge on any atom is 0.338 e. The van der Waals surface area contributed by atoms with Gasteiger partial charge in [-0.1, -0.05) is 108 Å². The Morgan fingerprint density at radius 2 is 0.892 bits per heavy atom. The molecule has 7 rings (SSSR count). The maximum atomic E-state index is 13.5. The number of benzene rings is 2. The number of esters is 4. The predicted octanol–water partition coefficient (Wildman–Crippen LogP) is 11.2. The summed E-state index contributed by atoms with van der Waals surface area (Å²) in [7, 11) is -8.20. The molecule has 5 heterocycles. The Balaban J connectivity index is 1.38. The highest BCUT2D eigenvalue weighted by atomic mass is 32.2. The average molecular weight is 1320 g/mol. The molecule has 0 aliphatic carbocycles. The van der Waals surface area contributed by atoms with Crippen molar-refractivity contribution in [2.75, 3.05) is 50.4 Å². The zero-order chi connectivity index (χ0) is 68.2. The molecule has 0 fully saturated rings. The van der Waals surface area contributed by atoms with Crippen molar-refractivity contribution in [3.63, 3.8) is 0 Å². The molecular formula is C61H81N17O13S2. The summed E-state index contributed by atoms with van der Waals surface area (Å²) in [4.78, 5) is 66.5. The molecule has 0 radical (unpaired) electrons. The van der Waals surface area contributed by atoms with Crippen molar-refractivity contribution in [3.8, 4) is 35.0 Å². The van der Waals surface area contributed by atoms with E-state index in [2.05, 4.69) is 40.6 Å². The Morgan fingerprint density at radius 3 is 1.28 bits per heavy atom. The van der Waals surface area contributed by atoms with Gasteiger partial charge < -0.3 is 35.2 Å². The highest BCUT2D eigenvalue weighted by Crippen LogP contribution is 2.42. The third-order valence-corrected chi connectivity index (χ3v) is 16.0. The summed E-state index contributed by atoms with van der Waals surface area (Å²) in [5, 5.41) is 36.5. The molecule has 0 aliphatic heterocycles.